The lowest BCUT2D eigenvalue weighted by Crippen LogP contribution is -2.52. The number of rotatable bonds is 5. The minimum absolute atomic E-state index is 0.125. The number of nitrogens with zero attached hydrogens (tertiary/aromatic N) is 4. The second-order valence-electron chi connectivity index (χ2n) is 11.5. The van der Waals surface area contributed by atoms with Crippen molar-refractivity contribution in [2.45, 2.75) is 82.3 Å². The highest BCUT2D eigenvalue weighted by atomic mass is 19.4. The van der Waals surface area contributed by atoms with Crippen molar-refractivity contribution in [2.75, 3.05) is 37.7 Å². The van der Waals surface area contributed by atoms with E-state index in [1.54, 1.807) is 6.07 Å². The normalized spacial score (nSPS) is 24.2. The summed E-state index contributed by atoms with van der Waals surface area (Å²) in [5.74, 6) is 1.34. The Balaban J connectivity index is 1.19. The lowest BCUT2D eigenvalue weighted by atomic mass is 9.96. The van der Waals surface area contributed by atoms with E-state index >= 15 is 0 Å². The van der Waals surface area contributed by atoms with Crippen LogP contribution < -0.4 is 10.2 Å². The number of carbonyl (C=O) groups excluding carboxylic acids is 1. The highest BCUT2D eigenvalue weighted by molar-refractivity contribution is 5.95. The first-order chi connectivity index (χ1) is 19.2. The molecule has 1 N–H and O–H groups in total. The van der Waals surface area contributed by atoms with Crippen molar-refractivity contribution < 1.29 is 27.1 Å². The van der Waals surface area contributed by atoms with Crippen LogP contribution in [0.1, 0.15) is 76.6 Å². The lowest BCUT2D eigenvalue weighted by Gasteiger charge is -2.37. The average molecular weight is 562 g/mol. The second kappa shape index (κ2) is 10.9. The van der Waals surface area contributed by atoms with E-state index in [1.807, 2.05) is 16.7 Å². The maximum Gasteiger partial charge on any atom is 0.416 e. The molecule has 216 valence electrons. The standard InChI is InChI=1S/C29H35F4N5O2/c1-17-25(28(39)37-11-7-22(8-12-37)34-24-9-13-40-16-23(24)30)35-26(19-2-3-19)36-27(17)38-10-6-18-4-5-21(29(31,32)33)14-20(18)15-38/h4-5,14,19,22-24,34H,2-3,6-13,15-16H2,1H3. The smallest absolute Gasteiger partial charge is 0.378 e. The Morgan fingerprint density at radius 1 is 1.05 bits per heavy atom. The van der Waals surface area contributed by atoms with Crippen LogP contribution in [0.25, 0.3) is 0 Å². The van der Waals surface area contributed by atoms with Crippen molar-refractivity contribution in [3.8, 4) is 0 Å². The van der Waals surface area contributed by atoms with Crippen LogP contribution in [0.4, 0.5) is 23.4 Å². The van der Waals surface area contributed by atoms with Gasteiger partial charge in [-0.05, 0) is 68.7 Å². The molecule has 1 aromatic carbocycles. The molecule has 2 aromatic rings. The number of hydrogen-bond donors (Lipinski definition) is 1. The van der Waals surface area contributed by atoms with Crippen molar-refractivity contribution in [2.24, 2.45) is 0 Å². The Hall–Kier alpha value is -2.79. The fourth-order valence-corrected chi connectivity index (χ4v) is 6.07. The lowest BCUT2D eigenvalue weighted by molar-refractivity contribution is -0.137. The highest BCUT2D eigenvalue weighted by Gasteiger charge is 2.35. The van der Waals surface area contributed by atoms with Gasteiger partial charge in [0.2, 0.25) is 0 Å². The minimum Gasteiger partial charge on any atom is -0.378 e. The van der Waals surface area contributed by atoms with Crippen molar-refractivity contribution in [1.29, 1.82) is 0 Å². The molecule has 1 saturated carbocycles. The topological polar surface area (TPSA) is 70.6 Å². The SMILES string of the molecule is Cc1c(C(=O)N2CCC(NC3CCOCC3F)CC2)nc(C2CC2)nc1N1CCc2ccc(C(F)(F)F)cc2C1. The van der Waals surface area contributed by atoms with Crippen molar-refractivity contribution >= 4 is 11.7 Å². The van der Waals surface area contributed by atoms with Crippen LogP contribution in [-0.4, -0.2) is 71.9 Å². The summed E-state index contributed by atoms with van der Waals surface area (Å²) < 4.78 is 59.5. The van der Waals surface area contributed by atoms with Crippen LogP contribution in [0.3, 0.4) is 0 Å². The largest absolute Gasteiger partial charge is 0.416 e. The van der Waals surface area contributed by atoms with Crippen LogP contribution in [0.5, 0.6) is 0 Å². The van der Waals surface area contributed by atoms with Crippen LogP contribution in [-0.2, 0) is 23.9 Å². The van der Waals surface area contributed by atoms with E-state index in [0.717, 1.165) is 37.3 Å². The first-order valence-corrected chi connectivity index (χ1v) is 14.3. The maximum atomic E-state index is 14.2. The predicted octanol–water partition coefficient (Wildman–Crippen LogP) is 4.57. The number of halogens is 4. The third kappa shape index (κ3) is 5.68. The van der Waals surface area contributed by atoms with Gasteiger partial charge in [-0.1, -0.05) is 6.07 Å². The molecule has 0 spiro atoms. The van der Waals surface area contributed by atoms with Gasteiger partial charge in [-0.3, -0.25) is 4.79 Å². The Morgan fingerprint density at radius 2 is 1.82 bits per heavy atom. The molecule has 11 heteroatoms. The summed E-state index contributed by atoms with van der Waals surface area (Å²) in [4.78, 5) is 27.1. The minimum atomic E-state index is -4.40. The Labute approximate surface area is 231 Å². The number of carbonyl (C=O) groups is 1. The fraction of sp³-hybridized carbons (Fsp3) is 0.621. The molecule has 4 heterocycles. The highest BCUT2D eigenvalue weighted by Crippen LogP contribution is 2.40. The van der Waals surface area contributed by atoms with Gasteiger partial charge in [0.1, 0.15) is 23.5 Å². The van der Waals surface area contributed by atoms with Crippen LogP contribution in [0.2, 0.25) is 0 Å². The van der Waals surface area contributed by atoms with E-state index < -0.39 is 17.9 Å². The molecule has 1 aliphatic carbocycles. The van der Waals surface area contributed by atoms with Crippen LogP contribution in [0, 0.1) is 6.92 Å². The van der Waals surface area contributed by atoms with E-state index in [0.29, 0.717) is 74.1 Å². The van der Waals surface area contributed by atoms with E-state index in [9.17, 15) is 22.4 Å². The summed E-state index contributed by atoms with van der Waals surface area (Å²) in [5, 5.41) is 3.43. The van der Waals surface area contributed by atoms with E-state index in [4.69, 9.17) is 14.7 Å². The van der Waals surface area contributed by atoms with Gasteiger partial charge >= 0.3 is 6.18 Å². The van der Waals surface area contributed by atoms with Crippen molar-refractivity contribution in [3.05, 3.63) is 52.0 Å². The quantitative estimate of drug-likeness (QED) is 0.540. The molecule has 2 unspecified atom stereocenters. The van der Waals surface area contributed by atoms with Crippen molar-refractivity contribution in [3.63, 3.8) is 0 Å². The predicted molar refractivity (Wildman–Crippen MR) is 141 cm³/mol. The summed E-state index contributed by atoms with van der Waals surface area (Å²) in [7, 11) is 0. The molecular formula is C29H35F4N5O2. The molecule has 0 radical (unpaired) electrons. The molecule has 2 atom stereocenters. The molecule has 1 amide bonds. The molecule has 3 fully saturated rings. The number of amides is 1. The number of anilines is 1. The molecular weight excluding hydrogens is 526 g/mol. The third-order valence-electron chi connectivity index (χ3n) is 8.65. The van der Waals surface area contributed by atoms with Gasteiger partial charge in [-0.15, -0.1) is 0 Å². The van der Waals surface area contributed by atoms with Crippen LogP contribution in [0.15, 0.2) is 18.2 Å². The number of nitrogens with one attached hydrogen (secondary N) is 1. The number of hydrogen-bond acceptors (Lipinski definition) is 6. The monoisotopic (exact) mass is 561 g/mol. The van der Waals surface area contributed by atoms with Crippen molar-refractivity contribution in [1.82, 2.24) is 20.2 Å². The zero-order valence-corrected chi connectivity index (χ0v) is 22.6. The molecule has 2 saturated heterocycles. The first-order valence-electron chi connectivity index (χ1n) is 14.3. The number of alkyl halides is 4. The van der Waals surface area contributed by atoms with Crippen LogP contribution >= 0.6 is 0 Å². The molecule has 3 aliphatic heterocycles. The Morgan fingerprint density at radius 3 is 2.52 bits per heavy atom. The average Bonchev–Trinajstić information content (AvgIpc) is 3.79. The number of fused-ring (bicyclic) bond motifs is 1. The Kier molecular flexibility index (Phi) is 7.45. The number of piperidine rings is 1. The molecule has 40 heavy (non-hydrogen) atoms. The molecule has 1 aromatic heterocycles. The zero-order valence-electron chi connectivity index (χ0n) is 22.6. The summed E-state index contributed by atoms with van der Waals surface area (Å²) in [6.07, 6.45) is -0.780. The Bertz CT molecular complexity index is 1260. The number of aromatic nitrogens is 2. The van der Waals surface area contributed by atoms with Gasteiger partial charge in [0, 0.05) is 56.4 Å². The summed E-state index contributed by atoms with van der Waals surface area (Å²) in [5.41, 5.74) is 1.92. The van der Waals surface area contributed by atoms with Gasteiger partial charge in [-0.2, -0.15) is 13.2 Å². The second-order valence-corrected chi connectivity index (χ2v) is 11.5. The van der Waals surface area contributed by atoms with E-state index in [2.05, 4.69) is 5.32 Å². The van der Waals surface area contributed by atoms with E-state index in [1.165, 1.54) is 6.07 Å². The summed E-state index contributed by atoms with van der Waals surface area (Å²) in [6, 6.07) is 3.88. The van der Waals surface area contributed by atoms with E-state index in [-0.39, 0.29) is 30.5 Å². The number of likely N-dealkylation sites (tertiary alicyclic amines) is 1. The molecule has 6 rings (SSSR count). The molecule has 0 bridgehead atoms. The number of benzene rings is 1. The fourth-order valence-electron chi connectivity index (χ4n) is 6.07. The first kappa shape index (κ1) is 27.4. The molecule has 7 nitrogen and oxygen atoms in total. The van der Waals surface area contributed by atoms with Gasteiger partial charge in [0.15, 0.2) is 0 Å². The summed E-state index contributed by atoms with van der Waals surface area (Å²) in [6.45, 7) is 4.51. The zero-order chi connectivity index (χ0) is 28.0. The number of ether oxygens (including phenoxy) is 1. The van der Waals surface area contributed by atoms with Gasteiger partial charge in [-0.25, -0.2) is 14.4 Å². The summed E-state index contributed by atoms with van der Waals surface area (Å²) >= 11 is 0. The van der Waals surface area contributed by atoms with Gasteiger partial charge in [0.05, 0.1) is 12.2 Å². The maximum absolute atomic E-state index is 14.2. The third-order valence-corrected chi connectivity index (χ3v) is 8.65. The van der Waals surface area contributed by atoms with Gasteiger partial charge in [0.25, 0.3) is 5.91 Å². The molecule has 4 aliphatic rings. The van der Waals surface area contributed by atoms with Gasteiger partial charge < -0.3 is 19.9 Å².